The van der Waals surface area contributed by atoms with Gasteiger partial charge >= 0.3 is 0 Å². The second kappa shape index (κ2) is 9.63. The van der Waals surface area contributed by atoms with Gasteiger partial charge in [-0.3, -0.25) is 9.69 Å². The first-order valence-electron chi connectivity index (χ1n) is 10.7. The van der Waals surface area contributed by atoms with Gasteiger partial charge in [0.05, 0.1) is 0 Å². The lowest BCUT2D eigenvalue weighted by Gasteiger charge is -2.26. The summed E-state index contributed by atoms with van der Waals surface area (Å²) in [5.41, 5.74) is 10.4. The molecule has 2 heterocycles. The number of fused-ring (bicyclic) bond motifs is 1. The van der Waals surface area contributed by atoms with E-state index >= 15 is 0 Å². The van der Waals surface area contributed by atoms with E-state index in [-0.39, 0.29) is 6.61 Å². The molecule has 0 unspecified atom stereocenters. The van der Waals surface area contributed by atoms with Gasteiger partial charge in [-0.25, -0.2) is 0 Å². The van der Waals surface area contributed by atoms with Crippen molar-refractivity contribution in [2.24, 2.45) is 5.73 Å². The Kier molecular flexibility index (Phi) is 6.50. The van der Waals surface area contributed by atoms with E-state index in [1.54, 1.807) is 0 Å². The number of ether oxygens (including phenoxy) is 1. The summed E-state index contributed by atoms with van der Waals surface area (Å²) in [6.45, 7) is 3.21. The second-order valence-electron chi connectivity index (χ2n) is 7.88. The van der Waals surface area contributed by atoms with Crippen LogP contribution >= 0.6 is 0 Å². The normalized spacial score (nSPS) is 14.6. The highest BCUT2D eigenvalue weighted by Gasteiger charge is 2.12. The van der Waals surface area contributed by atoms with Crippen molar-refractivity contribution in [1.29, 1.82) is 0 Å². The average Bonchev–Trinajstić information content (AvgIpc) is 3.18. The predicted molar refractivity (Wildman–Crippen MR) is 121 cm³/mol. The number of aryl methyl sites for hydroxylation is 1. The third-order valence-corrected chi connectivity index (χ3v) is 5.73. The summed E-state index contributed by atoms with van der Waals surface area (Å²) in [5, 5.41) is 1.16. The minimum atomic E-state index is -0.465. The Bertz CT molecular complexity index is 1020. The number of carbonyl (C=O) groups is 1. The van der Waals surface area contributed by atoms with Crippen molar-refractivity contribution in [3.05, 3.63) is 71.9 Å². The Morgan fingerprint density at radius 2 is 2.00 bits per heavy atom. The molecule has 4 rings (SSSR count). The van der Waals surface area contributed by atoms with Crippen LogP contribution in [0.15, 0.2) is 60.8 Å². The smallest absolute Gasteiger partial charge is 0.255 e. The van der Waals surface area contributed by atoms with Crippen LogP contribution in [0, 0.1) is 0 Å². The largest absolute Gasteiger partial charge is 0.484 e. The summed E-state index contributed by atoms with van der Waals surface area (Å²) >= 11 is 0. The number of aromatic amines is 1. The van der Waals surface area contributed by atoms with Crippen LogP contribution in [0.5, 0.6) is 5.75 Å². The zero-order valence-electron chi connectivity index (χ0n) is 17.3. The van der Waals surface area contributed by atoms with E-state index in [0.717, 1.165) is 49.8 Å². The molecule has 5 nitrogen and oxygen atoms in total. The fourth-order valence-electron chi connectivity index (χ4n) is 4.09. The van der Waals surface area contributed by atoms with Gasteiger partial charge in [0.1, 0.15) is 5.75 Å². The van der Waals surface area contributed by atoms with E-state index in [1.807, 2.05) is 18.2 Å². The number of nitrogens with two attached hydrogens (primary N) is 1. The Morgan fingerprint density at radius 3 is 2.77 bits per heavy atom. The average molecular weight is 404 g/mol. The third-order valence-electron chi connectivity index (χ3n) is 5.73. The fraction of sp³-hybridized carbons (Fsp3) is 0.320. The van der Waals surface area contributed by atoms with Crippen molar-refractivity contribution in [1.82, 2.24) is 9.88 Å². The SMILES string of the molecule is NC(=O)COc1ccc2[nH]cc(CCCCN3CC=C(c4ccccc4)CC3)c2c1. The van der Waals surface area contributed by atoms with Crippen LogP contribution in [0.1, 0.15) is 30.4 Å². The number of nitrogens with one attached hydrogen (secondary N) is 1. The highest BCUT2D eigenvalue weighted by molar-refractivity contribution is 5.84. The predicted octanol–water partition coefficient (Wildman–Crippen LogP) is 4.14. The van der Waals surface area contributed by atoms with Gasteiger partial charge in [0.25, 0.3) is 5.91 Å². The first-order valence-corrected chi connectivity index (χ1v) is 10.7. The van der Waals surface area contributed by atoms with Crippen LogP contribution in [0.2, 0.25) is 0 Å². The van der Waals surface area contributed by atoms with Crippen molar-refractivity contribution >= 4 is 22.4 Å². The number of hydrogen-bond donors (Lipinski definition) is 2. The van der Waals surface area contributed by atoms with E-state index in [2.05, 4.69) is 52.5 Å². The fourth-order valence-corrected chi connectivity index (χ4v) is 4.09. The Labute approximate surface area is 177 Å². The first-order chi connectivity index (χ1) is 14.7. The number of hydrogen-bond acceptors (Lipinski definition) is 3. The van der Waals surface area contributed by atoms with Gasteiger partial charge < -0.3 is 15.5 Å². The first kappa shape index (κ1) is 20.2. The Balaban J connectivity index is 1.26. The Hall–Kier alpha value is -3.05. The molecule has 1 aromatic heterocycles. The molecule has 30 heavy (non-hydrogen) atoms. The molecule has 3 aromatic rings. The molecule has 0 radical (unpaired) electrons. The van der Waals surface area contributed by atoms with Crippen LogP contribution in [-0.4, -0.2) is 42.0 Å². The van der Waals surface area contributed by atoms with Gasteiger partial charge in [-0.05, 0) is 67.1 Å². The molecular formula is C25H29N3O2. The maximum atomic E-state index is 10.9. The second-order valence-corrected chi connectivity index (χ2v) is 7.88. The van der Waals surface area contributed by atoms with Crippen molar-refractivity contribution in [2.45, 2.75) is 25.7 Å². The number of nitrogens with zero attached hydrogens (tertiary/aromatic N) is 1. The molecule has 156 valence electrons. The van der Waals surface area contributed by atoms with Crippen molar-refractivity contribution in [2.75, 3.05) is 26.2 Å². The van der Waals surface area contributed by atoms with Crippen molar-refractivity contribution in [3.63, 3.8) is 0 Å². The molecule has 0 atom stereocenters. The van der Waals surface area contributed by atoms with Gasteiger partial charge in [0.15, 0.2) is 6.61 Å². The third kappa shape index (κ3) is 5.10. The number of amides is 1. The van der Waals surface area contributed by atoms with Gasteiger partial charge in [-0.2, -0.15) is 0 Å². The highest BCUT2D eigenvalue weighted by Crippen LogP contribution is 2.25. The molecule has 0 aliphatic carbocycles. The molecule has 3 N–H and O–H groups in total. The van der Waals surface area contributed by atoms with Gasteiger partial charge in [-0.1, -0.05) is 36.4 Å². The molecule has 0 bridgehead atoms. The van der Waals surface area contributed by atoms with E-state index < -0.39 is 5.91 Å². The van der Waals surface area contributed by atoms with E-state index in [0.29, 0.717) is 5.75 Å². The maximum absolute atomic E-state index is 10.9. The number of unbranched alkanes of at least 4 members (excludes halogenated alkanes) is 1. The van der Waals surface area contributed by atoms with Crippen molar-refractivity contribution < 1.29 is 9.53 Å². The maximum Gasteiger partial charge on any atom is 0.255 e. The molecule has 2 aromatic carbocycles. The zero-order chi connectivity index (χ0) is 20.8. The van der Waals surface area contributed by atoms with Crippen molar-refractivity contribution in [3.8, 4) is 5.75 Å². The molecular weight excluding hydrogens is 374 g/mol. The minimum absolute atomic E-state index is 0.0957. The summed E-state index contributed by atoms with van der Waals surface area (Å²) in [4.78, 5) is 16.8. The number of aromatic nitrogens is 1. The van der Waals surface area contributed by atoms with Crippen LogP contribution in [0.4, 0.5) is 0 Å². The summed E-state index contributed by atoms with van der Waals surface area (Å²) in [7, 11) is 0. The topological polar surface area (TPSA) is 71.4 Å². The number of primary amides is 1. The molecule has 1 aliphatic heterocycles. The highest BCUT2D eigenvalue weighted by atomic mass is 16.5. The summed E-state index contributed by atoms with van der Waals surface area (Å²) < 4.78 is 5.44. The summed E-state index contributed by atoms with van der Waals surface area (Å²) in [6, 6.07) is 16.5. The molecule has 0 saturated heterocycles. The van der Waals surface area contributed by atoms with Crippen LogP contribution in [-0.2, 0) is 11.2 Å². The molecule has 0 saturated carbocycles. The Morgan fingerprint density at radius 1 is 1.13 bits per heavy atom. The number of benzene rings is 2. The van der Waals surface area contributed by atoms with Gasteiger partial charge in [0, 0.05) is 30.2 Å². The van der Waals surface area contributed by atoms with E-state index in [1.165, 1.54) is 23.1 Å². The lowest BCUT2D eigenvalue weighted by atomic mass is 9.99. The number of rotatable bonds is 9. The number of H-pyrrole nitrogens is 1. The molecule has 1 aliphatic rings. The van der Waals surface area contributed by atoms with Crippen LogP contribution in [0.3, 0.4) is 0 Å². The van der Waals surface area contributed by atoms with Gasteiger partial charge in [-0.15, -0.1) is 0 Å². The lowest BCUT2D eigenvalue weighted by Crippen LogP contribution is -2.29. The molecule has 1 amide bonds. The summed E-state index contributed by atoms with van der Waals surface area (Å²) in [6.07, 6.45) is 8.94. The van der Waals surface area contributed by atoms with Crippen LogP contribution in [0.25, 0.3) is 16.5 Å². The zero-order valence-corrected chi connectivity index (χ0v) is 17.3. The van der Waals surface area contributed by atoms with Gasteiger partial charge in [0.2, 0.25) is 0 Å². The van der Waals surface area contributed by atoms with E-state index in [9.17, 15) is 4.79 Å². The number of carbonyl (C=O) groups excluding carboxylic acids is 1. The molecule has 5 heteroatoms. The lowest BCUT2D eigenvalue weighted by molar-refractivity contribution is -0.119. The quantitative estimate of drug-likeness (QED) is 0.528. The minimum Gasteiger partial charge on any atom is -0.484 e. The standard InChI is InChI=1S/C25H29N3O2/c26-25(29)18-30-22-9-10-24-23(16-22)21(17-27-24)8-4-5-13-28-14-11-20(12-15-28)19-6-2-1-3-7-19/h1-3,6-7,9-11,16-17,27H,4-5,8,12-15,18H2,(H2,26,29). The van der Waals surface area contributed by atoms with E-state index in [4.69, 9.17) is 10.5 Å². The van der Waals surface area contributed by atoms with Crippen LogP contribution < -0.4 is 10.5 Å². The summed E-state index contributed by atoms with van der Waals surface area (Å²) in [5.74, 6) is 0.212. The molecule has 0 spiro atoms. The molecule has 0 fully saturated rings. The monoisotopic (exact) mass is 403 g/mol.